The number of carbonyl (C=O) groups excluding carboxylic acids is 1. The monoisotopic (exact) mass is 480 g/mol. The van der Waals surface area contributed by atoms with Crippen LogP contribution in [0.15, 0.2) is 53.4 Å². The first kappa shape index (κ1) is 23.5. The van der Waals surface area contributed by atoms with Gasteiger partial charge in [0.25, 0.3) is 11.6 Å². The van der Waals surface area contributed by atoms with Gasteiger partial charge in [-0.1, -0.05) is 0 Å². The molecule has 2 N–H and O–H groups in total. The number of nitrogens with one attached hydrogen (secondary N) is 2. The SMILES string of the molecule is O=C(COc1ccc([N+](=O)[O-])cc1)NC(=S)Nc1ccc(S(=O)(=O)N2CCOCC2)cc1. The third-order valence-electron chi connectivity index (χ3n) is 4.39. The fraction of sp³-hybridized carbons (Fsp3) is 0.263. The lowest BCUT2D eigenvalue weighted by molar-refractivity contribution is -0.384. The van der Waals surface area contributed by atoms with E-state index in [1.807, 2.05) is 0 Å². The Kier molecular flexibility index (Phi) is 7.69. The van der Waals surface area contributed by atoms with Crippen LogP contribution in [-0.2, 0) is 19.6 Å². The van der Waals surface area contributed by atoms with Crippen molar-refractivity contribution in [1.29, 1.82) is 0 Å². The van der Waals surface area contributed by atoms with E-state index in [1.165, 1.54) is 40.7 Å². The molecule has 0 bridgehead atoms. The molecule has 1 saturated heterocycles. The zero-order valence-electron chi connectivity index (χ0n) is 16.7. The third kappa shape index (κ3) is 6.20. The number of rotatable bonds is 7. The molecule has 170 valence electrons. The fourth-order valence-corrected chi connectivity index (χ4v) is 4.42. The molecule has 1 aliphatic heterocycles. The van der Waals surface area contributed by atoms with Gasteiger partial charge >= 0.3 is 0 Å². The molecule has 0 radical (unpaired) electrons. The Morgan fingerprint density at radius 3 is 2.34 bits per heavy atom. The van der Waals surface area contributed by atoms with Crippen molar-refractivity contribution in [2.75, 3.05) is 38.2 Å². The Bertz CT molecular complexity index is 1080. The topological polar surface area (TPSA) is 140 Å². The van der Waals surface area contributed by atoms with Crippen LogP contribution in [0.25, 0.3) is 0 Å². The first-order chi connectivity index (χ1) is 15.3. The average Bonchev–Trinajstić information content (AvgIpc) is 2.79. The van der Waals surface area contributed by atoms with E-state index in [2.05, 4.69) is 10.6 Å². The van der Waals surface area contributed by atoms with Gasteiger partial charge in [-0.05, 0) is 48.6 Å². The summed E-state index contributed by atoms with van der Waals surface area (Å²) in [5.74, 6) is -0.242. The normalized spacial score (nSPS) is 14.4. The van der Waals surface area contributed by atoms with Crippen molar-refractivity contribution in [3.05, 3.63) is 58.6 Å². The zero-order chi connectivity index (χ0) is 23.1. The standard InChI is InChI=1S/C19H20N4O7S2/c24-18(13-30-16-5-3-15(4-6-16)23(25)26)21-19(31)20-14-1-7-17(8-2-14)32(27,28)22-9-11-29-12-10-22/h1-8H,9-13H2,(H2,20,21,24,31). The number of ether oxygens (including phenoxy) is 2. The molecule has 0 spiro atoms. The first-order valence-corrected chi connectivity index (χ1v) is 11.3. The van der Waals surface area contributed by atoms with Gasteiger partial charge in [-0.2, -0.15) is 4.31 Å². The highest BCUT2D eigenvalue weighted by atomic mass is 32.2. The lowest BCUT2D eigenvalue weighted by Crippen LogP contribution is -2.40. The molecule has 1 aliphatic rings. The summed E-state index contributed by atoms with van der Waals surface area (Å²) in [6, 6.07) is 11.3. The predicted octanol–water partition coefficient (Wildman–Crippen LogP) is 1.51. The number of benzene rings is 2. The van der Waals surface area contributed by atoms with Crippen molar-refractivity contribution < 1.29 is 27.6 Å². The van der Waals surface area contributed by atoms with Crippen molar-refractivity contribution in [2.45, 2.75) is 4.90 Å². The number of nitro benzene ring substituents is 1. The van der Waals surface area contributed by atoms with Gasteiger partial charge in [0.15, 0.2) is 11.7 Å². The van der Waals surface area contributed by atoms with Crippen molar-refractivity contribution >= 4 is 44.6 Å². The first-order valence-electron chi connectivity index (χ1n) is 9.42. The molecule has 0 aromatic heterocycles. The van der Waals surface area contributed by atoms with E-state index in [4.69, 9.17) is 21.7 Å². The van der Waals surface area contributed by atoms with E-state index < -0.39 is 20.9 Å². The van der Waals surface area contributed by atoms with Crippen molar-refractivity contribution in [1.82, 2.24) is 9.62 Å². The molecule has 0 unspecified atom stereocenters. The van der Waals surface area contributed by atoms with Gasteiger partial charge in [0.1, 0.15) is 5.75 Å². The smallest absolute Gasteiger partial charge is 0.269 e. The Hall–Kier alpha value is -3.13. The number of thiocarbonyl (C=S) groups is 1. The number of nitrogens with zero attached hydrogens (tertiary/aromatic N) is 2. The lowest BCUT2D eigenvalue weighted by atomic mass is 10.3. The number of nitro groups is 1. The van der Waals surface area contributed by atoms with Crippen LogP contribution < -0.4 is 15.4 Å². The van der Waals surface area contributed by atoms with Crippen LogP contribution in [0.3, 0.4) is 0 Å². The summed E-state index contributed by atoms with van der Waals surface area (Å²) in [4.78, 5) is 22.2. The maximum Gasteiger partial charge on any atom is 0.269 e. The minimum absolute atomic E-state index is 0.00564. The summed E-state index contributed by atoms with van der Waals surface area (Å²) in [5.41, 5.74) is 0.406. The highest BCUT2D eigenvalue weighted by Gasteiger charge is 2.26. The fourth-order valence-electron chi connectivity index (χ4n) is 2.78. The van der Waals surface area contributed by atoms with Gasteiger partial charge in [-0.3, -0.25) is 20.2 Å². The van der Waals surface area contributed by atoms with E-state index in [0.29, 0.717) is 37.7 Å². The van der Waals surface area contributed by atoms with Crippen molar-refractivity contribution in [2.24, 2.45) is 0 Å². The quantitative estimate of drug-likeness (QED) is 0.343. The van der Waals surface area contributed by atoms with Crippen molar-refractivity contribution in [3.63, 3.8) is 0 Å². The van der Waals surface area contributed by atoms with E-state index in [1.54, 1.807) is 12.1 Å². The highest BCUT2D eigenvalue weighted by Crippen LogP contribution is 2.20. The number of hydrogen-bond acceptors (Lipinski definition) is 8. The Balaban J connectivity index is 1.48. The number of morpholine rings is 1. The minimum Gasteiger partial charge on any atom is -0.484 e. The molecular weight excluding hydrogens is 460 g/mol. The van der Waals surface area contributed by atoms with Crippen molar-refractivity contribution in [3.8, 4) is 5.75 Å². The van der Waals surface area contributed by atoms with E-state index in [9.17, 15) is 23.3 Å². The van der Waals surface area contributed by atoms with Crippen LogP contribution in [-0.4, -0.2) is 61.6 Å². The summed E-state index contributed by atoms with van der Waals surface area (Å²) in [6.45, 7) is 0.985. The number of sulfonamides is 1. The number of carbonyl (C=O) groups is 1. The number of hydrogen-bond donors (Lipinski definition) is 2. The Morgan fingerprint density at radius 2 is 1.75 bits per heavy atom. The Labute approximate surface area is 189 Å². The average molecular weight is 481 g/mol. The summed E-state index contributed by atoms with van der Waals surface area (Å²) < 4.78 is 37.1. The van der Waals surface area contributed by atoms with Crippen LogP contribution in [0.4, 0.5) is 11.4 Å². The molecule has 0 saturated carbocycles. The molecule has 2 aromatic carbocycles. The largest absolute Gasteiger partial charge is 0.484 e. The van der Waals surface area contributed by atoms with Gasteiger partial charge in [-0.15, -0.1) is 0 Å². The lowest BCUT2D eigenvalue weighted by Gasteiger charge is -2.26. The molecule has 1 fully saturated rings. The number of non-ortho nitro benzene ring substituents is 1. The molecule has 2 aromatic rings. The van der Waals surface area contributed by atoms with Gasteiger partial charge in [0.2, 0.25) is 10.0 Å². The molecular formula is C19H20N4O7S2. The maximum atomic E-state index is 12.6. The van der Waals surface area contributed by atoms with Crippen LogP contribution in [0.2, 0.25) is 0 Å². The van der Waals surface area contributed by atoms with Gasteiger partial charge in [0, 0.05) is 30.9 Å². The molecule has 11 nitrogen and oxygen atoms in total. The van der Waals surface area contributed by atoms with E-state index >= 15 is 0 Å². The summed E-state index contributed by atoms with van der Waals surface area (Å²) in [5, 5.41) is 15.9. The summed E-state index contributed by atoms with van der Waals surface area (Å²) in [6.07, 6.45) is 0. The second kappa shape index (κ2) is 10.5. The summed E-state index contributed by atoms with van der Waals surface area (Å²) in [7, 11) is -3.60. The molecule has 0 aliphatic carbocycles. The van der Waals surface area contributed by atoms with Gasteiger partial charge in [0.05, 0.1) is 23.0 Å². The number of anilines is 1. The molecule has 32 heavy (non-hydrogen) atoms. The molecule has 0 atom stereocenters. The minimum atomic E-state index is -3.60. The van der Waals surface area contributed by atoms with Crippen LogP contribution in [0, 0.1) is 10.1 Å². The highest BCUT2D eigenvalue weighted by molar-refractivity contribution is 7.89. The second-order valence-electron chi connectivity index (χ2n) is 6.58. The zero-order valence-corrected chi connectivity index (χ0v) is 18.4. The molecule has 1 heterocycles. The van der Waals surface area contributed by atoms with Crippen LogP contribution in [0.5, 0.6) is 5.75 Å². The molecule has 13 heteroatoms. The Morgan fingerprint density at radius 1 is 1.12 bits per heavy atom. The van der Waals surface area contributed by atoms with Gasteiger partial charge in [-0.25, -0.2) is 8.42 Å². The van der Waals surface area contributed by atoms with Crippen LogP contribution >= 0.6 is 12.2 Å². The molecule has 1 amide bonds. The van der Waals surface area contributed by atoms with E-state index in [-0.39, 0.29) is 22.3 Å². The summed E-state index contributed by atoms with van der Waals surface area (Å²) >= 11 is 5.08. The predicted molar refractivity (Wildman–Crippen MR) is 119 cm³/mol. The van der Waals surface area contributed by atoms with E-state index in [0.717, 1.165) is 0 Å². The van der Waals surface area contributed by atoms with Gasteiger partial charge < -0.3 is 14.8 Å². The number of amides is 1. The second-order valence-corrected chi connectivity index (χ2v) is 8.93. The maximum absolute atomic E-state index is 12.6. The van der Waals surface area contributed by atoms with Crippen LogP contribution in [0.1, 0.15) is 0 Å². The third-order valence-corrected chi connectivity index (χ3v) is 6.51. The molecule has 3 rings (SSSR count).